The molecule has 0 atom stereocenters. The molecule has 4 rings (SSSR count). The van der Waals surface area contributed by atoms with Gasteiger partial charge in [-0.25, -0.2) is 0 Å². The molecule has 1 fully saturated rings. The van der Waals surface area contributed by atoms with Crippen LogP contribution >= 0.6 is 0 Å². The number of methoxy groups -OCH3 is 1. The van der Waals surface area contributed by atoms with Crippen molar-refractivity contribution >= 4 is 22.8 Å². The van der Waals surface area contributed by atoms with Crippen molar-refractivity contribution in [3.8, 4) is 11.8 Å². The number of carbonyl (C=O) groups excluding carboxylic acids is 2. The second-order valence-electron chi connectivity index (χ2n) is 8.84. The Balaban J connectivity index is 1.60. The normalized spacial score (nSPS) is 17.8. The van der Waals surface area contributed by atoms with E-state index in [9.17, 15) is 22.8 Å². The quantitative estimate of drug-likeness (QED) is 0.401. The first-order valence-corrected chi connectivity index (χ1v) is 11.7. The van der Waals surface area contributed by atoms with Crippen LogP contribution in [0, 0.1) is 17.8 Å². The number of nitrogens with one attached hydrogen (secondary N) is 1. The van der Waals surface area contributed by atoms with E-state index < -0.39 is 11.7 Å². The number of hydrogen-bond acceptors (Lipinski definition) is 4. The summed E-state index contributed by atoms with van der Waals surface area (Å²) in [6.45, 7) is 1.90. The van der Waals surface area contributed by atoms with Crippen molar-refractivity contribution in [1.29, 1.82) is 0 Å². The van der Waals surface area contributed by atoms with Crippen LogP contribution in [0.5, 0.6) is 0 Å². The third kappa shape index (κ3) is 5.38. The summed E-state index contributed by atoms with van der Waals surface area (Å²) in [6.07, 6.45) is -0.172. The van der Waals surface area contributed by atoms with Crippen molar-refractivity contribution in [2.45, 2.75) is 51.4 Å². The van der Waals surface area contributed by atoms with Crippen molar-refractivity contribution in [1.82, 2.24) is 15.1 Å². The minimum absolute atomic E-state index is 0.0742. The van der Waals surface area contributed by atoms with Gasteiger partial charge >= 0.3 is 12.1 Å². The molecule has 2 aromatic carbocycles. The van der Waals surface area contributed by atoms with Crippen LogP contribution in [0.25, 0.3) is 10.9 Å². The topological polar surface area (TPSA) is 73.2 Å². The smallest absolute Gasteiger partial charge is 0.416 e. The second kappa shape index (κ2) is 10.4. The molecule has 1 saturated carbocycles. The predicted molar refractivity (Wildman–Crippen MR) is 128 cm³/mol. The maximum atomic E-state index is 13.3. The van der Waals surface area contributed by atoms with E-state index in [-0.39, 0.29) is 30.4 Å². The molecule has 0 spiro atoms. The zero-order chi connectivity index (χ0) is 25.9. The summed E-state index contributed by atoms with van der Waals surface area (Å²) in [4.78, 5) is 25.1. The van der Waals surface area contributed by atoms with Crippen molar-refractivity contribution in [2.24, 2.45) is 5.92 Å². The van der Waals surface area contributed by atoms with E-state index in [1.54, 1.807) is 29.9 Å². The van der Waals surface area contributed by atoms with E-state index in [0.717, 1.165) is 12.1 Å². The Hall–Kier alpha value is -3.80. The van der Waals surface area contributed by atoms with Crippen LogP contribution in [0.1, 0.15) is 59.7 Å². The minimum atomic E-state index is -4.41. The fourth-order valence-electron chi connectivity index (χ4n) is 4.62. The highest BCUT2D eigenvalue weighted by Crippen LogP contribution is 2.30. The standard InChI is InChI=1S/C27H26F3N3O3/c1-3-4-18-9-14-22(25(34)32-21-12-7-19(8-13-21)26(35)36-2)24-23(18)15-31-33(24)16-17-5-10-20(11-6-17)27(28,29)30/h5-6,9-11,14-15,19,21H,7-8,12-13,16H2,1-2H3,(H,32,34). The number of alkyl halides is 3. The van der Waals surface area contributed by atoms with Gasteiger partial charge in [-0.15, -0.1) is 5.92 Å². The van der Waals surface area contributed by atoms with Gasteiger partial charge < -0.3 is 10.1 Å². The van der Waals surface area contributed by atoms with Gasteiger partial charge in [0.2, 0.25) is 0 Å². The highest BCUT2D eigenvalue weighted by atomic mass is 19.4. The summed E-state index contributed by atoms with van der Waals surface area (Å²) in [5, 5.41) is 8.19. The summed E-state index contributed by atoms with van der Waals surface area (Å²) >= 11 is 0. The van der Waals surface area contributed by atoms with Crippen LogP contribution in [0.4, 0.5) is 13.2 Å². The van der Waals surface area contributed by atoms with Gasteiger partial charge in [0, 0.05) is 17.0 Å². The van der Waals surface area contributed by atoms with Gasteiger partial charge in [-0.05, 0) is 62.4 Å². The molecule has 0 saturated heterocycles. The molecule has 3 aromatic rings. The van der Waals surface area contributed by atoms with Crippen molar-refractivity contribution in [3.63, 3.8) is 0 Å². The van der Waals surface area contributed by atoms with Crippen molar-refractivity contribution < 1.29 is 27.5 Å². The molecular weight excluding hydrogens is 471 g/mol. The molecule has 1 N–H and O–H groups in total. The molecule has 36 heavy (non-hydrogen) atoms. The molecule has 6 nitrogen and oxygen atoms in total. The number of carbonyl (C=O) groups is 2. The van der Waals surface area contributed by atoms with E-state index in [1.807, 2.05) is 0 Å². The lowest BCUT2D eigenvalue weighted by molar-refractivity contribution is -0.146. The average Bonchev–Trinajstić information content (AvgIpc) is 3.28. The molecule has 0 radical (unpaired) electrons. The summed E-state index contributed by atoms with van der Waals surface area (Å²) in [5.41, 5.74) is 1.58. The second-order valence-corrected chi connectivity index (χ2v) is 8.84. The van der Waals surface area contributed by atoms with E-state index in [2.05, 4.69) is 22.3 Å². The number of nitrogens with zero attached hydrogens (tertiary/aromatic N) is 2. The Morgan fingerprint density at radius 3 is 2.42 bits per heavy atom. The third-order valence-electron chi connectivity index (χ3n) is 6.52. The molecule has 1 aromatic heterocycles. The van der Waals surface area contributed by atoms with Crippen LogP contribution in [0.2, 0.25) is 0 Å². The Bertz CT molecular complexity index is 1330. The molecule has 1 aliphatic carbocycles. The van der Waals surface area contributed by atoms with Crippen LogP contribution < -0.4 is 5.32 Å². The summed E-state index contributed by atoms with van der Waals surface area (Å²) < 4.78 is 45.3. The number of benzene rings is 2. The molecule has 1 heterocycles. The fraction of sp³-hybridized carbons (Fsp3) is 0.370. The molecule has 188 valence electrons. The third-order valence-corrected chi connectivity index (χ3v) is 6.52. The van der Waals surface area contributed by atoms with Gasteiger partial charge in [-0.3, -0.25) is 14.3 Å². The summed E-state index contributed by atoms with van der Waals surface area (Å²) in [5.74, 6) is 5.23. The Morgan fingerprint density at radius 1 is 1.11 bits per heavy atom. The monoisotopic (exact) mass is 497 g/mol. The van der Waals surface area contributed by atoms with Crippen molar-refractivity contribution in [3.05, 3.63) is 64.8 Å². The minimum Gasteiger partial charge on any atom is -0.469 e. The van der Waals surface area contributed by atoms with Gasteiger partial charge in [0.15, 0.2) is 0 Å². The van der Waals surface area contributed by atoms with E-state index in [1.165, 1.54) is 19.2 Å². The van der Waals surface area contributed by atoms with Crippen LogP contribution in [0.15, 0.2) is 42.6 Å². The number of aromatic nitrogens is 2. The first-order valence-electron chi connectivity index (χ1n) is 11.7. The number of halogens is 3. The van der Waals surface area contributed by atoms with Gasteiger partial charge in [-0.1, -0.05) is 18.1 Å². The van der Waals surface area contributed by atoms with Crippen LogP contribution in [-0.2, 0) is 22.3 Å². The van der Waals surface area contributed by atoms with Gasteiger partial charge in [0.05, 0.1) is 42.4 Å². The van der Waals surface area contributed by atoms with E-state index in [0.29, 0.717) is 53.3 Å². The van der Waals surface area contributed by atoms with E-state index in [4.69, 9.17) is 4.74 Å². The SMILES string of the molecule is CC#Cc1ccc(C(=O)NC2CCC(C(=O)OC)CC2)c2c1cnn2Cc1ccc(C(F)(F)F)cc1. The summed E-state index contributed by atoms with van der Waals surface area (Å²) in [6, 6.07) is 8.28. The lowest BCUT2D eigenvalue weighted by atomic mass is 9.86. The molecule has 0 aliphatic heterocycles. The largest absolute Gasteiger partial charge is 0.469 e. The average molecular weight is 498 g/mol. The van der Waals surface area contributed by atoms with Crippen LogP contribution in [0.3, 0.4) is 0 Å². The predicted octanol–water partition coefficient (Wildman–Crippen LogP) is 4.94. The molecule has 9 heteroatoms. The number of rotatable bonds is 5. The molecular formula is C27H26F3N3O3. The highest BCUT2D eigenvalue weighted by Gasteiger charge is 2.30. The highest BCUT2D eigenvalue weighted by molar-refractivity contribution is 6.07. The number of fused-ring (bicyclic) bond motifs is 1. The number of hydrogen-bond donors (Lipinski definition) is 1. The van der Waals surface area contributed by atoms with Gasteiger partial charge in [0.25, 0.3) is 5.91 Å². The maximum Gasteiger partial charge on any atom is 0.416 e. The van der Waals surface area contributed by atoms with Crippen molar-refractivity contribution in [2.75, 3.05) is 7.11 Å². The molecule has 0 unspecified atom stereocenters. The lowest BCUT2D eigenvalue weighted by Gasteiger charge is -2.27. The first kappa shape index (κ1) is 25.3. The fourth-order valence-corrected chi connectivity index (χ4v) is 4.62. The Labute approximate surface area is 206 Å². The zero-order valence-electron chi connectivity index (χ0n) is 20.0. The van der Waals surface area contributed by atoms with Gasteiger partial charge in [0.1, 0.15) is 0 Å². The van der Waals surface area contributed by atoms with Crippen LogP contribution in [-0.4, -0.2) is 34.8 Å². The first-order chi connectivity index (χ1) is 17.2. The molecule has 0 bridgehead atoms. The van der Waals surface area contributed by atoms with E-state index >= 15 is 0 Å². The Kier molecular flexibility index (Phi) is 7.34. The number of ether oxygens (including phenoxy) is 1. The summed E-state index contributed by atoms with van der Waals surface area (Å²) in [7, 11) is 1.38. The van der Waals surface area contributed by atoms with Gasteiger partial charge in [-0.2, -0.15) is 18.3 Å². The lowest BCUT2D eigenvalue weighted by Crippen LogP contribution is -2.39. The maximum absolute atomic E-state index is 13.3. The Morgan fingerprint density at radius 2 is 1.81 bits per heavy atom. The molecule has 1 aliphatic rings. The number of esters is 1. The zero-order valence-corrected chi connectivity index (χ0v) is 20.0. The molecule has 1 amide bonds. The number of amides is 1.